The Morgan fingerprint density at radius 2 is 0.718 bits per heavy atom. The molecular formula is C62H120NO8+. The van der Waals surface area contributed by atoms with Gasteiger partial charge in [-0.3, -0.25) is 9.59 Å². The Hall–Kier alpha value is -1.97. The third-order valence-corrected chi connectivity index (χ3v) is 14.0. The molecule has 0 aromatic heterocycles. The van der Waals surface area contributed by atoms with Gasteiger partial charge in [-0.1, -0.05) is 270 Å². The van der Waals surface area contributed by atoms with Crippen LogP contribution in [0.4, 0.5) is 0 Å². The summed E-state index contributed by atoms with van der Waals surface area (Å²) in [4.78, 5) is 37.4. The molecule has 0 aliphatic rings. The number of nitrogens with zero attached hydrogens (tertiary/aromatic N) is 1. The molecule has 420 valence electrons. The van der Waals surface area contributed by atoms with E-state index in [2.05, 4.69) is 26.0 Å². The number of carboxylic acids is 1. The van der Waals surface area contributed by atoms with E-state index in [1.807, 2.05) is 21.1 Å². The minimum atomic E-state index is -1.51. The maximum absolute atomic E-state index is 12.9. The summed E-state index contributed by atoms with van der Waals surface area (Å²) in [6.45, 7) is 4.93. The van der Waals surface area contributed by atoms with Crippen molar-refractivity contribution in [3.05, 3.63) is 12.2 Å². The Kier molecular flexibility index (Phi) is 52.8. The lowest BCUT2D eigenvalue weighted by atomic mass is 10.0. The molecule has 0 spiro atoms. The van der Waals surface area contributed by atoms with Gasteiger partial charge in [0, 0.05) is 12.8 Å². The zero-order valence-corrected chi connectivity index (χ0v) is 47.9. The summed E-state index contributed by atoms with van der Waals surface area (Å²) < 4.78 is 22.9. The number of hydrogen-bond donors (Lipinski definition) is 1. The first-order valence-corrected chi connectivity index (χ1v) is 30.9. The van der Waals surface area contributed by atoms with E-state index in [0.717, 1.165) is 51.4 Å². The number of esters is 2. The van der Waals surface area contributed by atoms with Crippen LogP contribution in [0.1, 0.15) is 309 Å². The average molecular weight is 1010 g/mol. The Labute approximate surface area is 440 Å². The SMILES string of the molecule is CCCCCCCCC/C=C\CCCCCCCCCC(=O)OC(COC(=O)CCCCCCCCCCCCCCCCCCCCCCCCCCCCCC)COC(OCC[N+](C)(C)C)C(=O)O. The van der Waals surface area contributed by atoms with Crippen LogP contribution in [0.2, 0.25) is 0 Å². The van der Waals surface area contributed by atoms with Crippen molar-refractivity contribution >= 4 is 17.9 Å². The van der Waals surface area contributed by atoms with Gasteiger partial charge in [0.05, 0.1) is 34.4 Å². The highest BCUT2D eigenvalue weighted by Crippen LogP contribution is 2.18. The molecule has 0 rings (SSSR count). The number of rotatable bonds is 58. The predicted molar refractivity (Wildman–Crippen MR) is 300 cm³/mol. The predicted octanol–water partition coefficient (Wildman–Crippen LogP) is 18.1. The van der Waals surface area contributed by atoms with Crippen LogP contribution in [0.25, 0.3) is 0 Å². The first kappa shape index (κ1) is 69.0. The van der Waals surface area contributed by atoms with Crippen molar-refractivity contribution in [2.75, 3.05) is 47.5 Å². The second-order valence-electron chi connectivity index (χ2n) is 22.4. The molecule has 9 heteroatoms. The normalized spacial score (nSPS) is 12.7. The Morgan fingerprint density at radius 1 is 0.408 bits per heavy atom. The molecule has 0 heterocycles. The quantitative estimate of drug-likeness (QED) is 0.0211. The van der Waals surface area contributed by atoms with Crippen molar-refractivity contribution in [1.82, 2.24) is 0 Å². The van der Waals surface area contributed by atoms with Crippen molar-refractivity contribution in [1.29, 1.82) is 0 Å². The molecular weight excluding hydrogens is 887 g/mol. The summed E-state index contributed by atoms with van der Waals surface area (Å²) in [5.41, 5.74) is 0. The number of carbonyl (C=O) groups is 3. The lowest BCUT2D eigenvalue weighted by Gasteiger charge is -2.25. The zero-order valence-electron chi connectivity index (χ0n) is 47.9. The van der Waals surface area contributed by atoms with E-state index in [0.29, 0.717) is 17.4 Å². The standard InChI is InChI=1S/C62H119NO8/c1-6-8-10-12-14-16-18-20-22-24-26-27-28-29-30-31-32-33-34-35-37-38-40-42-44-46-48-50-52-59(64)69-56-58(57-70-62(61(66)67)68-55-54-63(3,4)5)71-60(65)53-51-49-47-45-43-41-39-36-25-23-21-19-17-15-13-11-9-7-2/h23,25,58,62H,6-22,24,26-57H2,1-5H3/p+1/b25-23-. The largest absolute Gasteiger partial charge is 0.477 e. The fourth-order valence-corrected chi connectivity index (χ4v) is 9.25. The van der Waals surface area contributed by atoms with Gasteiger partial charge >= 0.3 is 17.9 Å². The lowest BCUT2D eigenvalue weighted by Crippen LogP contribution is -2.40. The molecule has 2 unspecified atom stereocenters. The van der Waals surface area contributed by atoms with Crippen LogP contribution in [-0.4, -0.2) is 87.4 Å². The molecule has 0 aromatic rings. The number of ether oxygens (including phenoxy) is 4. The van der Waals surface area contributed by atoms with E-state index in [4.69, 9.17) is 18.9 Å². The number of carboxylic acid groups (broad SMARTS) is 1. The molecule has 71 heavy (non-hydrogen) atoms. The molecule has 0 radical (unpaired) electrons. The summed E-state index contributed by atoms with van der Waals surface area (Å²) in [6, 6.07) is 0. The third kappa shape index (κ3) is 55.6. The molecule has 0 saturated heterocycles. The molecule has 0 amide bonds. The summed E-state index contributed by atoms with van der Waals surface area (Å²) in [5.74, 6) is -1.99. The first-order valence-electron chi connectivity index (χ1n) is 30.9. The smallest absolute Gasteiger partial charge is 0.361 e. The monoisotopic (exact) mass is 1010 g/mol. The third-order valence-electron chi connectivity index (χ3n) is 14.0. The number of aliphatic carboxylic acids is 1. The van der Waals surface area contributed by atoms with Gasteiger partial charge in [-0.25, -0.2) is 4.79 Å². The van der Waals surface area contributed by atoms with Gasteiger partial charge in [0.15, 0.2) is 6.10 Å². The van der Waals surface area contributed by atoms with Crippen LogP contribution in [0.3, 0.4) is 0 Å². The summed E-state index contributed by atoms with van der Waals surface area (Å²) >= 11 is 0. The summed E-state index contributed by atoms with van der Waals surface area (Å²) in [6.07, 6.45) is 60.2. The highest BCUT2D eigenvalue weighted by molar-refractivity contribution is 5.71. The highest BCUT2D eigenvalue weighted by atomic mass is 16.7. The number of hydrogen-bond acceptors (Lipinski definition) is 7. The van der Waals surface area contributed by atoms with Gasteiger partial charge < -0.3 is 28.5 Å². The lowest BCUT2D eigenvalue weighted by molar-refractivity contribution is -0.870. The minimum Gasteiger partial charge on any atom is -0.477 e. The topological polar surface area (TPSA) is 108 Å². The van der Waals surface area contributed by atoms with Crippen molar-refractivity contribution in [2.45, 2.75) is 322 Å². The second-order valence-corrected chi connectivity index (χ2v) is 22.4. The number of carbonyl (C=O) groups excluding carboxylic acids is 2. The molecule has 0 aliphatic carbocycles. The number of allylic oxidation sites excluding steroid dienone is 2. The molecule has 0 aliphatic heterocycles. The molecule has 9 nitrogen and oxygen atoms in total. The van der Waals surface area contributed by atoms with Crippen LogP contribution in [-0.2, 0) is 33.3 Å². The van der Waals surface area contributed by atoms with Gasteiger partial charge in [-0.15, -0.1) is 0 Å². The Morgan fingerprint density at radius 3 is 1.04 bits per heavy atom. The van der Waals surface area contributed by atoms with Crippen LogP contribution in [0, 0.1) is 0 Å². The van der Waals surface area contributed by atoms with Crippen LogP contribution < -0.4 is 0 Å². The van der Waals surface area contributed by atoms with E-state index in [9.17, 15) is 19.5 Å². The number of unbranched alkanes of at least 4 members (excludes halogenated alkanes) is 41. The maximum Gasteiger partial charge on any atom is 0.361 e. The van der Waals surface area contributed by atoms with Gasteiger partial charge in [0.2, 0.25) is 0 Å². The number of likely N-dealkylation sites (N-methyl/N-ethyl adjacent to an activating group) is 1. The van der Waals surface area contributed by atoms with Crippen LogP contribution in [0.5, 0.6) is 0 Å². The average Bonchev–Trinajstić information content (AvgIpc) is 3.34. The Balaban J connectivity index is 4.11. The van der Waals surface area contributed by atoms with Crippen LogP contribution >= 0.6 is 0 Å². The first-order chi connectivity index (χ1) is 34.6. The van der Waals surface area contributed by atoms with Gasteiger partial charge in [-0.2, -0.15) is 0 Å². The Bertz CT molecular complexity index is 1170. The van der Waals surface area contributed by atoms with Crippen molar-refractivity contribution in [3.63, 3.8) is 0 Å². The van der Waals surface area contributed by atoms with E-state index < -0.39 is 24.3 Å². The van der Waals surface area contributed by atoms with Gasteiger partial charge in [-0.05, 0) is 38.5 Å². The molecule has 0 fully saturated rings. The maximum atomic E-state index is 12.9. The molecule has 2 atom stereocenters. The second kappa shape index (κ2) is 54.3. The van der Waals surface area contributed by atoms with E-state index in [-0.39, 0.29) is 32.2 Å². The van der Waals surface area contributed by atoms with Gasteiger partial charge in [0.25, 0.3) is 6.29 Å². The summed E-state index contributed by atoms with van der Waals surface area (Å²) in [7, 11) is 5.98. The molecule has 0 aromatic carbocycles. The summed E-state index contributed by atoms with van der Waals surface area (Å²) in [5, 5.41) is 9.70. The fraction of sp³-hybridized carbons (Fsp3) is 0.919. The van der Waals surface area contributed by atoms with Crippen molar-refractivity contribution < 1.29 is 42.9 Å². The van der Waals surface area contributed by atoms with Crippen molar-refractivity contribution in [2.24, 2.45) is 0 Å². The van der Waals surface area contributed by atoms with Crippen LogP contribution in [0.15, 0.2) is 12.2 Å². The molecule has 0 bridgehead atoms. The molecule has 0 saturated carbocycles. The van der Waals surface area contributed by atoms with Crippen molar-refractivity contribution in [3.8, 4) is 0 Å². The van der Waals surface area contributed by atoms with E-state index in [1.165, 1.54) is 231 Å². The highest BCUT2D eigenvalue weighted by Gasteiger charge is 2.25. The molecule has 1 N–H and O–H groups in total. The number of quaternary nitrogens is 1. The fourth-order valence-electron chi connectivity index (χ4n) is 9.25. The zero-order chi connectivity index (χ0) is 52.0. The van der Waals surface area contributed by atoms with E-state index in [1.54, 1.807) is 0 Å². The minimum absolute atomic E-state index is 0.177. The van der Waals surface area contributed by atoms with E-state index >= 15 is 0 Å². The van der Waals surface area contributed by atoms with Gasteiger partial charge in [0.1, 0.15) is 13.2 Å².